The molecule has 1 saturated carbocycles. The Hall–Kier alpha value is -0.530. The minimum atomic E-state index is -0.325. The van der Waals surface area contributed by atoms with Crippen LogP contribution in [0.2, 0.25) is 0 Å². The van der Waals surface area contributed by atoms with Crippen molar-refractivity contribution in [3.8, 4) is 0 Å². The third-order valence-corrected chi connectivity index (χ3v) is 2.44. The van der Waals surface area contributed by atoms with Crippen molar-refractivity contribution in [2.45, 2.75) is 51.5 Å². The monoisotopic (exact) mass is 182 g/mol. The van der Waals surface area contributed by atoms with Crippen LogP contribution in [0.1, 0.15) is 46.0 Å². The number of carbonyl (C=O) groups is 1. The van der Waals surface area contributed by atoms with E-state index < -0.39 is 0 Å². The van der Waals surface area contributed by atoms with E-state index in [1.165, 1.54) is 19.3 Å². The molecule has 1 amide bonds. The average Bonchev–Trinajstić information content (AvgIpc) is 2.03. The average molecular weight is 182 g/mol. The van der Waals surface area contributed by atoms with Gasteiger partial charge in [-0.3, -0.25) is 4.79 Å². The molecule has 1 aliphatic carbocycles. The molecule has 0 aliphatic heterocycles. The van der Waals surface area contributed by atoms with Gasteiger partial charge in [-0.2, -0.15) is 0 Å². The highest BCUT2D eigenvalue weighted by molar-refractivity contribution is 5.79. The summed E-state index contributed by atoms with van der Waals surface area (Å²) in [6, 6.07) is 0. The van der Waals surface area contributed by atoms with Gasteiger partial charge >= 0.3 is 0 Å². The topological polar surface area (TPSA) is 29.1 Å². The minimum Gasteiger partial charge on any atom is -0.351 e. The molecule has 0 heterocycles. The first kappa shape index (κ1) is 10.6. The predicted octanol–water partition coefficient (Wildman–Crippen LogP) is 2.30. The molecule has 75 valence electrons. The van der Waals surface area contributed by atoms with E-state index in [-0.39, 0.29) is 17.4 Å². The molecule has 0 aromatic carbocycles. The molecule has 1 aliphatic rings. The van der Waals surface area contributed by atoms with Crippen LogP contribution < -0.4 is 5.32 Å². The molecule has 0 spiro atoms. The van der Waals surface area contributed by atoms with Crippen LogP contribution in [0.25, 0.3) is 0 Å². The van der Waals surface area contributed by atoms with E-state index in [4.69, 9.17) is 0 Å². The van der Waals surface area contributed by atoms with E-state index in [9.17, 15) is 4.79 Å². The van der Waals surface area contributed by atoms with Gasteiger partial charge in [-0.25, -0.2) is 0 Å². The van der Waals surface area contributed by atoms with Crippen LogP contribution >= 0.6 is 0 Å². The highest BCUT2D eigenvalue weighted by Crippen LogP contribution is 2.24. The maximum Gasteiger partial charge on any atom is 0.223 e. The second kappa shape index (κ2) is 4.12. The fourth-order valence-electron chi connectivity index (χ4n) is 1.80. The van der Waals surface area contributed by atoms with E-state index in [2.05, 4.69) is 12.2 Å². The Morgan fingerprint density at radius 2 is 1.85 bits per heavy atom. The van der Waals surface area contributed by atoms with Gasteiger partial charge in [0.05, 0.1) is 0 Å². The van der Waals surface area contributed by atoms with Gasteiger partial charge in [-0.05, 0) is 33.6 Å². The molecule has 1 N–H and O–H groups in total. The van der Waals surface area contributed by atoms with Gasteiger partial charge in [-0.1, -0.05) is 19.3 Å². The van der Waals surface area contributed by atoms with Crippen molar-refractivity contribution in [1.29, 1.82) is 0 Å². The van der Waals surface area contributed by atoms with Crippen LogP contribution in [0.3, 0.4) is 0 Å². The van der Waals surface area contributed by atoms with Crippen molar-refractivity contribution in [1.82, 2.24) is 5.32 Å². The van der Waals surface area contributed by atoms with Crippen molar-refractivity contribution in [2.24, 2.45) is 5.92 Å². The SMILES string of the molecule is [CH2]C(C)(C)NC(=O)C1CCCCC1. The Morgan fingerprint density at radius 1 is 1.31 bits per heavy atom. The predicted molar refractivity (Wildman–Crippen MR) is 54.2 cm³/mol. The molecular weight excluding hydrogens is 162 g/mol. The van der Waals surface area contributed by atoms with Crippen molar-refractivity contribution < 1.29 is 4.79 Å². The van der Waals surface area contributed by atoms with Crippen molar-refractivity contribution in [2.75, 3.05) is 0 Å². The van der Waals surface area contributed by atoms with E-state index in [1.54, 1.807) is 0 Å². The third kappa shape index (κ3) is 3.79. The molecule has 13 heavy (non-hydrogen) atoms. The zero-order valence-electron chi connectivity index (χ0n) is 8.73. The third-order valence-electron chi connectivity index (χ3n) is 2.44. The van der Waals surface area contributed by atoms with E-state index in [0.29, 0.717) is 0 Å². The van der Waals surface area contributed by atoms with E-state index in [0.717, 1.165) is 12.8 Å². The van der Waals surface area contributed by atoms with Crippen LogP contribution in [0.4, 0.5) is 0 Å². The van der Waals surface area contributed by atoms with Crippen molar-refractivity contribution in [3.05, 3.63) is 6.92 Å². The van der Waals surface area contributed by atoms with Gasteiger partial charge in [0.1, 0.15) is 0 Å². The van der Waals surface area contributed by atoms with Gasteiger partial charge < -0.3 is 5.32 Å². The zero-order chi connectivity index (χ0) is 9.90. The number of hydrogen-bond donors (Lipinski definition) is 1. The summed E-state index contributed by atoms with van der Waals surface area (Å²) < 4.78 is 0. The number of rotatable bonds is 2. The first-order valence-electron chi connectivity index (χ1n) is 5.16. The van der Waals surface area contributed by atoms with Gasteiger partial charge in [0.25, 0.3) is 0 Å². The fourth-order valence-corrected chi connectivity index (χ4v) is 1.80. The number of carbonyl (C=O) groups excluding carboxylic acids is 1. The molecular formula is C11H20NO. The van der Waals surface area contributed by atoms with Crippen molar-refractivity contribution in [3.63, 3.8) is 0 Å². The highest BCUT2D eigenvalue weighted by Gasteiger charge is 2.24. The van der Waals surface area contributed by atoms with Gasteiger partial charge in [0, 0.05) is 11.5 Å². The smallest absolute Gasteiger partial charge is 0.223 e. The Kier molecular flexibility index (Phi) is 3.34. The molecule has 0 atom stereocenters. The lowest BCUT2D eigenvalue weighted by molar-refractivity contribution is -0.127. The van der Waals surface area contributed by atoms with Crippen LogP contribution in [0, 0.1) is 12.8 Å². The summed E-state index contributed by atoms with van der Waals surface area (Å²) >= 11 is 0. The molecule has 0 aromatic rings. The summed E-state index contributed by atoms with van der Waals surface area (Å²) in [7, 11) is 0. The maximum absolute atomic E-state index is 11.7. The second-order valence-electron chi connectivity index (χ2n) is 4.71. The first-order chi connectivity index (χ1) is 5.99. The molecule has 0 bridgehead atoms. The number of nitrogens with one attached hydrogen (secondary N) is 1. The summed E-state index contributed by atoms with van der Waals surface area (Å²) in [5, 5.41) is 2.94. The molecule has 2 heteroatoms. The molecule has 1 rings (SSSR count). The lowest BCUT2D eigenvalue weighted by Gasteiger charge is -2.26. The maximum atomic E-state index is 11.7. The summed E-state index contributed by atoms with van der Waals surface area (Å²) in [6.07, 6.45) is 5.81. The van der Waals surface area contributed by atoms with Crippen molar-refractivity contribution >= 4 is 5.91 Å². The van der Waals surface area contributed by atoms with E-state index in [1.807, 2.05) is 13.8 Å². The summed E-state index contributed by atoms with van der Waals surface area (Å²) in [4.78, 5) is 11.7. The normalized spacial score (nSPS) is 19.9. The molecule has 0 aromatic heterocycles. The lowest BCUT2D eigenvalue weighted by atomic mass is 9.88. The van der Waals surface area contributed by atoms with Crippen LogP contribution in [-0.2, 0) is 4.79 Å². The summed E-state index contributed by atoms with van der Waals surface area (Å²) in [6.45, 7) is 7.72. The number of amides is 1. The largest absolute Gasteiger partial charge is 0.351 e. The fraction of sp³-hybridized carbons (Fsp3) is 0.818. The summed E-state index contributed by atoms with van der Waals surface area (Å²) in [5.74, 6) is 0.439. The molecule has 1 fully saturated rings. The Morgan fingerprint density at radius 3 is 2.31 bits per heavy atom. The van der Waals surface area contributed by atoms with Gasteiger partial charge in [0.15, 0.2) is 0 Å². The van der Waals surface area contributed by atoms with Gasteiger partial charge in [0.2, 0.25) is 5.91 Å². The molecule has 1 radical (unpaired) electrons. The lowest BCUT2D eigenvalue weighted by Crippen LogP contribution is -2.44. The minimum absolute atomic E-state index is 0.194. The molecule has 0 saturated heterocycles. The Labute approximate surface area is 81.1 Å². The molecule has 2 nitrogen and oxygen atoms in total. The standard InChI is InChI=1S/C11H20NO/c1-11(2,3)12-10(13)9-7-5-4-6-8-9/h9H,1,4-8H2,2-3H3,(H,12,13). The van der Waals surface area contributed by atoms with Crippen LogP contribution in [0.15, 0.2) is 0 Å². The first-order valence-corrected chi connectivity index (χ1v) is 5.16. The second-order valence-corrected chi connectivity index (χ2v) is 4.71. The van der Waals surface area contributed by atoms with Gasteiger partial charge in [-0.15, -0.1) is 0 Å². The highest BCUT2D eigenvalue weighted by atomic mass is 16.2. The Balaban J connectivity index is 2.38. The quantitative estimate of drug-likeness (QED) is 0.697. The van der Waals surface area contributed by atoms with E-state index >= 15 is 0 Å². The van der Waals surface area contributed by atoms with Crippen LogP contribution in [-0.4, -0.2) is 11.4 Å². The molecule has 0 unspecified atom stereocenters. The summed E-state index contributed by atoms with van der Waals surface area (Å²) in [5.41, 5.74) is -0.325. The Bertz CT molecular complexity index is 175. The van der Waals surface area contributed by atoms with Crippen LogP contribution in [0.5, 0.6) is 0 Å². The number of hydrogen-bond acceptors (Lipinski definition) is 1. The zero-order valence-corrected chi connectivity index (χ0v) is 8.73.